The number of carbonyl (C=O) groups excluding carboxylic acids is 1. The fraction of sp³-hybridized carbons (Fsp3) is 0.348. The van der Waals surface area contributed by atoms with Crippen molar-refractivity contribution in [3.63, 3.8) is 0 Å². The molecule has 5 N–H and O–H groups in total. The lowest BCUT2D eigenvalue weighted by Crippen LogP contribution is -2.29. The van der Waals surface area contributed by atoms with Gasteiger partial charge >= 0.3 is 6.18 Å². The Morgan fingerprint density at radius 3 is 2.45 bits per heavy atom. The van der Waals surface area contributed by atoms with Gasteiger partial charge in [0, 0.05) is 24.9 Å². The Kier molecular flexibility index (Phi) is 8.44. The SMILES string of the molecule is C=C/C=N\C(N)=C(/N)n1cc(C(=O)NCC(CC(C)C)c2ccc(C(F)(F)F)cc2)c(C)n1. The zero-order valence-electron chi connectivity index (χ0n) is 18.9. The van der Waals surface area contributed by atoms with Crippen molar-refractivity contribution in [1.82, 2.24) is 15.1 Å². The largest absolute Gasteiger partial charge is 0.416 e. The highest BCUT2D eigenvalue weighted by Crippen LogP contribution is 2.31. The third-order valence-corrected chi connectivity index (χ3v) is 4.95. The smallest absolute Gasteiger partial charge is 0.381 e. The number of aliphatic imine (C=N–C) groups is 1. The summed E-state index contributed by atoms with van der Waals surface area (Å²) < 4.78 is 39.9. The number of halogens is 3. The van der Waals surface area contributed by atoms with Gasteiger partial charge in [-0.15, -0.1) is 0 Å². The summed E-state index contributed by atoms with van der Waals surface area (Å²) in [7, 11) is 0. The molecular weight excluding hydrogens is 433 g/mol. The second-order valence-corrected chi connectivity index (χ2v) is 8.01. The Hall–Kier alpha value is -3.56. The average molecular weight is 463 g/mol. The minimum absolute atomic E-state index is 0.0173. The monoisotopic (exact) mass is 462 g/mol. The molecule has 0 fully saturated rings. The first-order valence-electron chi connectivity index (χ1n) is 10.4. The van der Waals surface area contributed by atoms with E-state index in [0.717, 1.165) is 17.7 Å². The van der Waals surface area contributed by atoms with E-state index in [0.29, 0.717) is 17.7 Å². The Bertz CT molecular complexity index is 1040. The molecule has 33 heavy (non-hydrogen) atoms. The van der Waals surface area contributed by atoms with Gasteiger partial charge in [0.2, 0.25) is 0 Å². The van der Waals surface area contributed by atoms with Crippen molar-refractivity contribution in [2.24, 2.45) is 22.4 Å². The maximum Gasteiger partial charge on any atom is 0.416 e. The normalized spacial score (nSPS) is 13.8. The molecule has 0 spiro atoms. The molecule has 0 saturated carbocycles. The minimum Gasteiger partial charge on any atom is -0.381 e. The van der Waals surface area contributed by atoms with E-state index < -0.39 is 11.7 Å². The molecule has 1 atom stereocenters. The van der Waals surface area contributed by atoms with Crippen LogP contribution in [0.25, 0.3) is 5.82 Å². The van der Waals surface area contributed by atoms with E-state index in [-0.39, 0.29) is 35.9 Å². The van der Waals surface area contributed by atoms with E-state index >= 15 is 0 Å². The number of nitrogens with zero attached hydrogens (tertiary/aromatic N) is 3. The van der Waals surface area contributed by atoms with Gasteiger partial charge in [-0.3, -0.25) is 4.79 Å². The molecular formula is C23H29F3N6O. The second kappa shape index (κ2) is 10.8. The molecule has 1 aromatic heterocycles. The molecule has 1 aromatic carbocycles. The molecule has 178 valence electrons. The quantitative estimate of drug-likeness (QED) is 0.489. The summed E-state index contributed by atoms with van der Waals surface area (Å²) in [5.74, 6) is -0.176. The lowest BCUT2D eigenvalue weighted by Gasteiger charge is -2.21. The van der Waals surface area contributed by atoms with Crippen molar-refractivity contribution >= 4 is 17.9 Å². The van der Waals surface area contributed by atoms with E-state index in [4.69, 9.17) is 11.5 Å². The van der Waals surface area contributed by atoms with Crippen LogP contribution in [-0.4, -0.2) is 28.4 Å². The van der Waals surface area contributed by atoms with Gasteiger partial charge in [0.25, 0.3) is 5.91 Å². The summed E-state index contributed by atoms with van der Waals surface area (Å²) in [5, 5.41) is 7.07. The van der Waals surface area contributed by atoms with Crippen molar-refractivity contribution in [3.8, 4) is 0 Å². The zero-order valence-corrected chi connectivity index (χ0v) is 18.9. The minimum atomic E-state index is -4.39. The lowest BCUT2D eigenvalue weighted by atomic mass is 9.89. The van der Waals surface area contributed by atoms with Crippen LogP contribution in [0.2, 0.25) is 0 Å². The first kappa shape index (κ1) is 25.7. The zero-order chi connectivity index (χ0) is 24.8. The number of nitrogens with one attached hydrogen (secondary N) is 1. The summed E-state index contributed by atoms with van der Waals surface area (Å²) in [4.78, 5) is 16.7. The number of amides is 1. The standard InChI is InChI=1S/C23H29F3N6O/c1-5-10-29-20(27)21(28)32-13-19(15(4)31-32)22(33)30-12-17(11-14(2)3)16-6-8-18(9-7-16)23(24,25)26/h5-10,13-14,17H,1,11-12,27-28H2,2-4H3,(H,30,33)/b21-20+,29-10-. The molecule has 0 aliphatic carbocycles. The molecule has 0 saturated heterocycles. The Morgan fingerprint density at radius 2 is 1.91 bits per heavy atom. The van der Waals surface area contributed by atoms with Crippen LogP contribution in [-0.2, 0) is 6.18 Å². The van der Waals surface area contributed by atoms with Crippen molar-refractivity contribution in [2.45, 2.75) is 39.3 Å². The van der Waals surface area contributed by atoms with E-state index in [9.17, 15) is 18.0 Å². The first-order valence-corrected chi connectivity index (χ1v) is 10.4. The summed E-state index contributed by atoms with van der Waals surface area (Å²) in [6, 6.07) is 5.05. The van der Waals surface area contributed by atoms with Crippen LogP contribution >= 0.6 is 0 Å². The number of allylic oxidation sites excluding steroid dienone is 1. The van der Waals surface area contributed by atoms with Crippen LogP contribution in [0.5, 0.6) is 0 Å². The molecule has 0 bridgehead atoms. The predicted molar refractivity (Wildman–Crippen MR) is 123 cm³/mol. The average Bonchev–Trinajstić information content (AvgIpc) is 3.15. The Labute approximate surface area is 191 Å². The number of hydrogen-bond donors (Lipinski definition) is 3. The van der Waals surface area contributed by atoms with E-state index in [1.807, 2.05) is 13.8 Å². The summed E-state index contributed by atoms with van der Waals surface area (Å²) in [5.41, 5.74) is 12.5. The number of aryl methyl sites for hydroxylation is 1. The van der Waals surface area contributed by atoms with Gasteiger partial charge in [-0.25, -0.2) is 9.67 Å². The molecule has 0 aliphatic rings. The molecule has 1 amide bonds. The van der Waals surface area contributed by atoms with Crippen LogP contribution in [0.3, 0.4) is 0 Å². The fourth-order valence-electron chi connectivity index (χ4n) is 3.28. The van der Waals surface area contributed by atoms with E-state index in [1.165, 1.54) is 35.3 Å². The van der Waals surface area contributed by atoms with Gasteiger partial charge < -0.3 is 16.8 Å². The summed E-state index contributed by atoms with van der Waals surface area (Å²) >= 11 is 0. The van der Waals surface area contributed by atoms with Gasteiger partial charge in [0.15, 0.2) is 11.6 Å². The van der Waals surface area contributed by atoms with Gasteiger partial charge in [-0.05, 0) is 37.0 Å². The molecule has 0 radical (unpaired) electrons. The van der Waals surface area contributed by atoms with E-state index in [1.54, 1.807) is 6.92 Å². The van der Waals surface area contributed by atoms with Crippen molar-refractivity contribution in [3.05, 3.63) is 71.3 Å². The van der Waals surface area contributed by atoms with Crippen LogP contribution in [0.4, 0.5) is 13.2 Å². The highest BCUT2D eigenvalue weighted by molar-refractivity contribution is 5.95. The summed E-state index contributed by atoms with van der Waals surface area (Å²) in [6.07, 6.45) is 0.567. The maximum absolute atomic E-state index is 12.9. The van der Waals surface area contributed by atoms with Gasteiger partial charge in [0.05, 0.1) is 16.8 Å². The van der Waals surface area contributed by atoms with Crippen molar-refractivity contribution in [1.29, 1.82) is 0 Å². The number of nitrogens with two attached hydrogens (primary N) is 2. The molecule has 2 rings (SSSR count). The number of benzene rings is 1. The molecule has 7 nitrogen and oxygen atoms in total. The predicted octanol–water partition coefficient (Wildman–Crippen LogP) is 4.03. The third-order valence-electron chi connectivity index (χ3n) is 4.95. The van der Waals surface area contributed by atoms with E-state index in [2.05, 4.69) is 22.0 Å². The van der Waals surface area contributed by atoms with Crippen molar-refractivity contribution in [2.75, 3.05) is 6.54 Å². The Balaban J connectivity index is 2.18. The fourth-order valence-corrected chi connectivity index (χ4v) is 3.28. The highest BCUT2D eigenvalue weighted by atomic mass is 19.4. The van der Waals surface area contributed by atoms with Crippen LogP contribution in [0.1, 0.15) is 53.4 Å². The second-order valence-electron chi connectivity index (χ2n) is 8.01. The number of alkyl halides is 3. The third kappa shape index (κ3) is 6.96. The summed E-state index contributed by atoms with van der Waals surface area (Å²) in [6.45, 7) is 9.44. The number of carbonyl (C=O) groups is 1. The molecule has 2 aromatic rings. The highest BCUT2D eigenvalue weighted by Gasteiger charge is 2.30. The van der Waals surface area contributed by atoms with Gasteiger partial charge in [-0.1, -0.05) is 38.6 Å². The molecule has 0 aliphatic heterocycles. The van der Waals surface area contributed by atoms with Gasteiger partial charge in [0.1, 0.15) is 0 Å². The lowest BCUT2D eigenvalue weighted by molar-refractivity contribution is -0.137. The van der Waals surface area contributed by atoms with Gasteiger partial charge in [-0.2, -0.15) is 18.3 Å². The Morgan fingerprint density at radius 1 is 1.27 bits per heavy atom. The van der Waals surface area contributed by atoms with Crippen LogP contribution in [0.15, 0.2) is 53.9 Å². The first-order chi connectivity index (χ1) is 15.4. The molecule has 1 heterocycles. The topological polar surface area (TPSA) is 111 Å². The molecule has 1 unspecified atom stereocenters. The van der Waals surface area contributed by atoms with Crippen LogP contribution < -0.4 is 16.8 Å². The number of hydrogen-bond acceptors (Lipinski definition) is 5. The van der Waals surface area contributed by atoms with Crippen LogP contribution in [0, 0.1) is 12.8 Å². The van der Waals surface area contributed by atoms with Crippen molar-refractivity contribution < 1.29 is 18.0 Å². The maximum atomic E-state index is 12.9. The number of rotatable bonds is 9. The molecule has 10 heteroatoms. The number of aromatic nitrogens is 2.